The van der Waals surface area contributed by atoms with E-state index in [1.54, 1.807) is 41.4 Å². The van der Waals surface area contributed by atoms with Gasteiger partial charge in [0.25, 0.3) is 5.91 Å². The maximum Gasteiger partial charge on any atom is 0.409 e. The van der Waals surface area contributed by atoms with Gasteiger partial charge in [-0.05, 0) is 41.3 Å². The zero-order chi connectivity index (χ0) is 24.9. The molecule has 2 amide bonds. The van der Waals surface area contributed by atoms with Gasteiger partial charge in [0.05, 0.1) is 25.3 Å². The van der Waals surface area contributed by atoms with Crippen LogP contribution in [0.25, 0.3) is 11.1 Å². The van der Waals surface area contributed by atoms with E-state index in [9.17, 15) is 14.7 Å². The van der Waals surface area contributed by atoms with Crippen molar-refractivity contribution in [3.05, 3.63) is 83.3 Å². The summed E-state index contributed by atoms with van der Waals surface area (Å²) in [7, 11) is 1.35. The Labute approximate surface area is 202 Å². The quantitative estimate of drug-likeness (QED) is 0.499. The molecule has 8 nitrogen and oxygen atoms in total. The summed E-state index contributed by atoms with van der Waals surface area (Å²) >= 11 is 0. The van der Waals surface area contributed by atoms with Crippen LogP contribution < -0.4 is 11.1 Å². The van der Waals surface area contributed by atoms with E-state index in [-0.39, 0.29) is 30.0 Å². The summed E-state index contributed by atoms with van der Waals surface area (Å²) in [5, 5.41) is 12.4. The topological polar surface area (TPSA) is 118 Å². The molecule has 2 heterocycles. The number of nitrogens with one attached hydrogen (secondary N) is 1. The molecule has 4 N–H and O–H groups in total. The van der Waals surface area contributed by atoms with Gasteiger partial charge in [-0.3, -0.25) is 4.79 Å². The number of rotatable bonds is 6. The highest BCUT2D eigenvalue weighted by Crippen LogP contribution is 2.33. The maximum atomic E-state index is 15.0. The van der Waals surface area contributed by atoms with Crippen LogP contribution in [-0.4, -0.2) is 53.8 Å². The van der Waals surface area contributed by atoms with Crippen LogP contribution in [0.4, 0.5) is 15.0 Å². The smallest absolute Gasteiger partial charge is 0.409 e. The second-order valence-electron chi connectivity index (χ2n) is 8.42. The lowest BCUT2D eigenvalue weighted by molar-refractivity contribution is 0.0912. The highest BCUT2D eigenvalue weighted by Gasteiger charge is 2.28. The van der Waals surface area contributed by atoms with E-state index in [4.69, 9.17) is 10.5 Å². The minimum Gasteiger partial charge on any atom is -0.453 e. The summed E-state index contributed by atoms with van der Waals surface area (Å²) in [6, 6.07) is 14.4. The zero-order valence-electron chi connectivity index (χ0n) is 19.3. The first-order chi connectivity index (χ1) is 16.9. The summed E-state index contributed by atoms with van der Waals surface area (Å²) in [6.45, 7) is 0.755. The van der Waals surface area contributed by atoms with E-state index in [0.29, 0.717) is 29.8 Å². The average Bonchev–Trinajstić information content (AvgIpc) is 3.38. The molecule has 1 aromatic heterocycles. The van der Waals surface area contributed by atoms with E-state index >= 15 is 4.39 Å². The molecule has 9 heteroatoms. The lowest BCUT2D eigenvalue weighted by Gasteiger charge is -2.17. The van der Waals surface area contributed by atoms with Gasteiger partial charge in [0.2, 0.25) is 0 Å². The van der Waals surface area contributed by atoms with Crippen LogP contribution in [0.1, 0.15) is 39.9 Å². The number of carbonyl (C=O) groups is 2. The van der Waals surface area contributed by atoms with Gasteiger partial charge in [0, 0.05) is 30.8 Å². The van der Waals surface area contributed by atoms with Gasteiger partial charge in [-0.25, -0.2) is 14.2 Å². The third-order valence-electron chi connectivity index (χ3n) is 6.25. The number of hydrogen-bond donors (Lipinski definition) is 3. The van der Waals surface area contributed by atoms with Crippen molar-refractivity contribution in [2.75, 3.05) is 32.5 Å². The van der Waals surface area contributed by atoms with Crippen LogP contribution in [0.3, 0.4) is 0 Å². The molecule has 1 saturated heterocycles. The lowest BCUT2D eigenvalue weighted by atomic mass is 9.95. The second-order valence-corrected chi connectivity index (χ2v) is 8.42. The fourth-order valence-corrected chi connectivity index (χ4v) is 4.30. The number of benzene rings is 2. The average molecular weight is 479 g/mol. The van der Waals surface area contributed by atoms with Gasteiger partial charge in [-0.15, -0.1) is 0 Å². The van der Waals surface area contributed by atoms with Crippen LogP contribution in [-0.2, 0) is 4.74 Å². The number of methoxy groups -OCH3 is 1. The van der Waals surface area contributed by atoms with Gasteiger partial charge in [0.1, 0.15) is 11.6 Å². The lowest BCUT2D eigenvalue weighted by Crippen LogP contribution is -2.31. The number of amides is 2. The highest BCUT2D eigenvalue weighted by molar-refractivity contribution is 5.95. The van der Waals surface area contributed by atoms with E-state index in [0.717, 1.165) is 12.0 Å². The van der Waals surface area contributed by atoms with Crippen LogP contribution in [0.5, 0.6) is 0 Å². The minimum absolute atomic E-state index is 0.0595. The number of hydrogen-bond acceptors (Lipinski definition) is 6. The molecule has 2 aromatic carbocycles. The first kappa shape index (κ1) is 24.2. The second kappa shape index (κ2) is 10.5. The molecule has 0 bridgehead atoms. The third-order valence-corrected chi connectivity index (χ3v) is 6.25. The standard InChI is InChI=1S/C26H27FN4O4/c1-35-26(34)31-10-9-18(14-31)19-11-21(24(28)29-13-19)17-7-8-20(22(27)12-17)25(33)30-23(15-32)16-5-3-2-4-6-16/h2-8,11-13,18,23,32H,9-10,14-15H2,1H3,(H2,28,29)(H,30,33). The van der Waals surface area contributed by atoms with Crippen LogP contribution in [0.15, 0.2) is 60.8 Å². The van der Waals surface area contributed by atoms with Gasteiger partial charge in [-0.2, -0.15) is 0 Å². The molecule has 0 saturated carbocycles. The Hall–Kier alpha value is -3.98. The number of pyridine rings is 1. The van der Waals surface area contributed by atoms with Crippen molar-refractivity contribution in [1.29, 1.82) is 0 Å². The van der Waals surface area contributed by atoms with E-state index in [1.165, 1.54) is 19.2 Å². The number of ether oxygens (including phenoxy) is 1. The molecule has 0 radical (unpaired) electrons. The summed E-state index contributed by atoms with van der Waals surface area (Å²) in [5.74, 6) is -1.06. The van der Waals surface area contributed by atoms with Crippen molar-refractivity contribution in [2.45, 2.75) is 18.4 Å². The van der Waals surface area contributed by atoms with Crippen molar-refractivity contribution in [3.8, 4) is 11.1 Å². The number of aromatic nitrogens is 1. The number of halogens is 1. The Morgan fingerprint density at radius 1 is 1.26 bits per heavy atom. The monoisotopic (exact) mass is 478 g/mol. The number of nitrogen functional groups attached to an aromatic ring is 1. The summed E-state index contributed by atoms with van der Waals surface area (Å²) in [4.78, 5) is 30.4. The highest BCUT2D eigenvalue weighted by atomic mass is 19.1. The first-order valence-corrected chi connectivity index (χ1v) is 11.3. The Balaban J connectivity index is 1.54. The number of anilines is 1. The van der Waals surface area contributed by atoms with Gasteiger partial charge in [0.15, 0.2) is 0 Å². The van der Waals surface area contributed by atoms with Crippen molar-refractivity contribution in [3.63, 3.8) is 0 Å². The number of aliphatic hydroxyl groups excluding tert-OH is 1. The summed E-state index contributed by atoms with van der Waals surface area (Å²) in [6.07, 6.45) is 2.05. The number of nitrogens with zero attached hydrogens (tertiary/aromatic N) is 2. The number of likely N-dealkylation sites (tertiary alicyclic amines) is 1. The fraction of sp³-hybridized carbons (Fsp3) is 0.269. The Morgan fingerprint density at radius 2 is 2.03 bits per heavy atom. The van der Waals surface area contributed by atoms with Crippen molar-refractivity contribution in [1.82, 2.24) is 15.2 Å². The Kier molecular flexibility index (Phi) is 7.26. The van der Waals surface area contributed by atoms with E-state index < -0.39 is 17.8 Å². The van der Waals surface area contributed by atoms with Crippen LogP contribution in [0, 0.1) is 5.82 Å². The Morgan fingerprint density at radius 3 is 2.71 bits per heavy atom. The molecular formula is C26H27FN4O4. The largest absolute Gasteiger partial charge is 0.453 e. The molecule has 2 atom stereocenters. The molecule has 182 valence electrons. The molecule has 35 heavy (non-hydrogen) atoms. The van der Waals surface area contributed by atoms with Gasteiger partial charge >= 0.3 is 6.09 Å². The first-order valence-electron chi connectivity index (χ1n) is 11.3. The Bertz CT molecular complexity index is 1220. The number of nitrogens with two attached hydrogens (primary N) is 1. The molecule has 1 aliphatic heterocycles. The molecule has 2 unspecified atom stereocenters. The van der Waals surface area contributed by atoms with Crippen molar-refractivity contribution >= 4 is 17.8 Å². The van der Waals surface area contributed by atoms with Crippen molar-refractivity contribution in [2.24, 2.45) is 0 Å². The molecule has 4 rings (SSSR count). The van der Waals surface area contributed by atoms with Gasteiger partial charge < -0.3 is 25.8 Å². The van der Waals surface area contributed by atoms with Crippen molar-refractivity contribution < 1.29 is 23.8 Å². The number of aliphatic hydroxyl groups is 1. The molecule has 0 spiro atoms. The normalized spacial score (nSPS) is 16.1. The number of carbonyl (C=O) groups excluding carboxylic acids is 2. The summed E-state index contributed by atoms with van der Waals surface area (Å²) in [5.41, 5.74) is 8.57. The molecule has 0 aliphatic carbocycles. The van der Waals surface area contributed by atoms with Crippen LogP contribution >= 0.6 is 0 Å². The SMILES string of the molecule is COC(=O)N1CCC(c2cnc(N)c(-c3ccc(C(=O)NC(CO)c4ccccc4)c(F)c3)c2)C1. The van der Waals surface area contributed by atoms with E-state index in [1.807, 2.05) is 12.1 Å². The third kappa shape index (κ3) is 5.25. The zero-order valence-corrected chi connectivity index (χ0v) is 19.3. The minimum atomic E-state index is -0.715. The predicted molar refractivity (Wildman–Crippen MR) is 129 cm³/mol. The van der Waals surface area contributed by atoms with E-state index in [2.05, 4.69) is 10.3 Å². The summed E-state index contributed by atoms with van der Waals surface area (Å²) < 4.78 is 19.8. The molecule has 1 fully saturated rings. The van der Waals surface area contributed by atoms with Gasteiger partial charge in [-0.1, -0.05) is 36.4 Å². The molecular weight excluding hydrogens is 451 g/mol. The fourth-order valence-electron chi connectivity index (χ4n) is 4.30. The molecule has 1 aliphatic rings. The van der Waals surface area contributed by atoms with Crippen LogP contribution in [0.2, 0.25) is 0 Å². The maximum absolute atomic E-state index is 15.0. The molecule has 3 aromatic rings. The predicted octanol–water partition coefficient (Wildman–Crippen LogP) is 3.49.